The highest BCUT2D eigenvalue weighted by atomic mass is 16.2. The first kappa shape index (κ1) is 14.5. The largest absolute Gasteiger partial charge is 0.392 e. The smallest absolute Gasteiger partial charge is 0.270 e. The number of guanidine groups is 1. The number of urea groups is 1. The quantitative estimate of drug-likeness (QED) is 0.685. The van der Waals surface area contributed by atoms with E-state index in [0.717, 1.165) is 23.9 Å². The van der Waals surface area contributed by atoms with Crippen molar-refractivity contribution in [2.24, 2.45) is 4.99 Å². The highest BCUT2D eigenvalue weighted by Crippen LogP contribution is 2.22. The Balaban J connectivity index is 2.54. The maximum Gasteiger partial charge on any atom is 0.392 e. The van der Waals surface area contributed by atoms with Gasteiger partial charge in [-0.2, -0.15) is 0 Å². The molecule has 3 amide bonds. The molecular formula is C13H22N5O2+. The fourth-order valence-electron chi connectivity index (χ4n) is 2.67. The van der Waals surface area contributed by atoms with Crippen molar-refractivity contribution in [1.82, 2.24) is 14.7 Å². The Labute approximate surface area is 119 Å². The molecular weight excluding hydrogens is 258 g/mol. The summed E-state index contributed by atoms with van der Waals surface area (Å²) in [6.07, 6.45) is 0. The summed E-state index contributed by atoms with van der Waals surface area (Å²) in [6.45, 7) is 8.39. The van der Waals surface area contributed by atoms with Gasteiger partial charge in [0.25, 0.3) is 5.91 Å². The molecule has 1 fully saturated rings. The summed E-state index contributed by atoms with van der Waals surface area (Å²) in [5, 5.41) is 0. The van der Waals surface area contributed by atoms with Gasteiger partial charge in [0.1, 0.15) is 0 Å². The molecule has 0 bridgehead atoms. The normalized spacial score (nSPS) is 22.4. The number of fused-ring (bicyclic) bond motifs is 1. The first-order chi connectivity index (χ1) is 9.47. The van der Waals surface area contributed by atoms with Crippen LogP contribution in [-0.4, -0.2) is 82.8 Å². The van der Waals surface area contributed by atoms with Crippen LogP contribution in [0.4, 0.5) is 4.79 Å². The Hall–Kier alpha value is -1.92. The van der Waals surface area contributed by atoms with Crippen molar-refractivity contribution in [2.45, 2.75) is 26.8 Å². The Morgan fingerprint density at radius 1 is 1.10 bits per heavy atom. The Morgan fingerprint density at radius 2 is 1.70 bits per heavy atom. The van der Waals surface area contributed by atoms with Gasteiger partial charge in [-0.1, -0.05) is 4.99 Å². The van der Waals surface area contributed by atoms with Gasteiger partial charge >= 0.3 is 12.0 Å². The molecule has 1 saturated heterocycles. The first-order valence-corrected chi connectivity index (χ1v) is 7.00. The maximum absolute atomic E-state index is 12.4. The number of aliphatic imine (C=N–C) groups is 1. The van der Waals surface area contributed by atoms with Crippen molar-refractivity contribution in [1.29, 1.82) is 0 Å². The molecule has 0 aliphatic carbocycles. The molecule has 2 aliphatic heterocycles. The zero-order valence-corrected chi connectivity index (χ0v) is 12.8. The standard InChI is InChI=1S/C13H22N5O2/c1-6-17(7-2)12-14-10-9(18(12)8-3)11(19)16(5)13(20)15(10)4/h9H,6-8H2,1-5H3/q+1. The third kappa shape index (κ3) is 1.88. The van der Waals surface area contributed by atoms with E-state index >= 15 is 0 Å². The third-order valence-electron chi connectivity index (χ3n) is 3.90. The molecule has 2 rings (SSSR count). The monoisotopic (exact) mass is 280 g/mol. The topological polar surface area (TPSA) is 59.2 Å². The molecule has 7 heteroatoms. The molecule has 110 valence electrons. The molecule has 20 heavy (non-hydrogen) atoms. The van der Waals surface area contributed by atoms with Crippen molar-refractivity contribution < 1.29 is 14.2 Å². The maximum atomic E-state index is 12.4. The van der Waals surface area contributed by atoms with Crippen LogP contribution in [0.3, 0.4) is 0 Å². The average molecular weight is 280 g/mol. The highest BCUT2D eigenvalue weighted by molar-refractivity contribution is 6.25. The van der Waals surface area contributed by atoms with Crippen LogP contribution < -0.4 is 0 Å². The molecule has 1 unspecified atom stereocenters. The Kier molecular flexibility index (Phi) is 3.78. The number of hydrogen-bond acceptors (Lipinski definition) is 2. The predicted octanol–water partition coefficient (Wildman–Crippen LogP) is 0.0211. The molecule has 1 atom stereocenters. The highest BCUT2D eigenvalue weighted by Gasteiger charge is 2.54. The van der Waals surface area contributed by atoms with Gasteiger partial charge in [0, 0.05) is 14.1 Å². The van der Waals surface area contributed by atoms with Crippen molar-refractivity contribution in [2.75, 3.05) is 33.7 Å². The lowest BCUT2D eigenvalue weighted by Crippen LogP contribution is -2.62. The minimum Gasteiger partial charge on any atom is -0.270 e. The van der Waals surface area contributed by atoms with Crippen LogP contribution in [0, 0.1) is 0 Å². The number of imide groups is 1. The van der Waals surface area contributed by atoms with Crippen LogP contribution in [0.15, 0.2) is 4.99 Å². The summed E-state index contributed by atoms with van der Waals surface area (Å²) in [7, 11) is 3.18. The number of amidine groups is 1. The van der Waals surface area contributed by atoms with E-state index < -0.39 is 6.04 Å². The summed E-state index contributed by atoms with van der Waals surface area (Å²) in [5.74, 6) is 1.10. The van der Waals surface area contributed by atoms with Crippen LogP contribution in [0.5, 0.6) is 0 Å². The molecule has 0 saturated carbocycles. The van der Waals surface area contributed by atoms with Gasteiger partial charge in [-0.3, -0.25) is 19.2 Å². The lowest BCUT2D eigenvalue weighted by Gasteiger charge is -2.32. The SMILES string of the molecule is CCN1C(=[N+](CC)CC)N=C2C1C(=O)N(C)C(=O)N2C. The van der Waals surface area contributed by atoms with Crippen LogP contribution >= 0.6 is 0 Å². The molecule has 0 N–H and O–H groups in total. The zero-order valence-electron chi connectivity index (χ0n) is 12.8. The minimum absolute atomic E-state index is 0.212. The van der Waals surface area contributed by atoms with Crippen LogP contribution in [0.1, 0.15) is 20.8 Å². The summed E-state index contributed by atoms with van der Waals surface area (Å²) >= 11 is 0. The van der Waals surface area contributed by atoms with E-state index in [1.54, 1.807) is 7.05 Å². The van der Waals surface area contributed by atoms with Crippen LogP contribution in [0.25, 0.3) is 0 Å². The fraction of sp³-hybridized carbons (Fsp3) is 0.692. The van der Waals surface area contributed by atoms with Gasteiger partial charge in [-0.05, 0) is 20.8 Å². The van der Waals surface area contributed by atoms with Gasteiger partial charge < -0.3 is 0 Å². The van der Waals surface area contributed by atoms with Crippen LogP contribution in [-0.2, 0) is 4.79 Å². The van der Waals surface area contributed by atoms with E-state index in [1.807, 2.05) is 11.8 Å². The number of likely N-dealkylation sites (N-methyl/N-ethyl adjacent to an activating group) is 3. The van der Waals surface area contributed by atoms with Gasteiger partial charge in [0.05, 0.1) is 19.6 Å². The molecule has 0 aromatic rings. The van der Waals surface area contributed by atoms with E-state index in [1.165, 1.54) is 11.9 Å². The van der Waals surface area contributed by atoms with E-state index in [0.29, 0.717) is 12.4 Å². The molecule has 0 radical (unpaired) electrons. The Morgan fingerprint density at radius 3 is 2.20 bits per heavy atom. The number of nitrogens with zero attached hydrogens (tertiary/aromatic N) is 5. The van der Waals surface area contributed by atoms with E-state index in [-0.39, 0.29) is 11.9 Å². The first-order valence-electron chi connectivity index (χ1n) is 7.00. The average Bonchev–Trinajstić information content (AvgIpc) is 2.83. The van der Waals surface area contributed by atoms with Crippen molar-refractivity contribution in [3.05, 3.63) is 0 Å². The van der Waals surface area contributed by atoms with Gasteiger partial charge in [0.2, 0.25) is 11.9 Å². The molecule has 0 aromatic carbocycles. The number of rotatable bonds is 3. The third-order valence-corrected chi connectivity index (χ3v) is 3.90. The number of hydrogen-bond donors (Lipinski definition) is 0. The molecule has 0 aromatic heterocycles. The van der Waals surface area contributed by atoms with E-state index in [4.69, 9.17) is 0 Å². The second-order valence-electron chi connectivity index (χ2n) is 4.87. The van der Waals surface area contributed by atoms with Gasteiger partial charge in [-0.25, -0.2) is 9.69 Å². The molecule has 2 aliphatic rings. The molecule has 7 nitrogen and oxygen atoms in total. The summed E-state index contributed by atoms with van der Waals surface area (Å²) < 4.78 is 2.10. The van der Waals surface area contributed by atoms with Crippen molar-refractivity contribution in [3.8, 4) is 0 Å². The summed E-state index contributed by atoms with van der Waals surface area (Å²) in [4.78, 5) is 33.6. The number of carbonyl (C=O) groups excluding carboxylic acids is 2. The van der Waals surface area contributed by atoms with Crippen molar-refractivity contribution >= 4 is 23.7 Å². The second kappa shape index (κ2) is 5.22. The fourth-order valence-corrected chi connectivity index (χ4v) is 2.67. The van der Waals surface area contributed by atoms with Gasteiger partial charge in [0.15, 0.2) is 0 Å². The van der Waals surface area contributed by atoms with Crippen molar-refractivity contribution in [3.63, 3.8) is 0 Å². The predicted molar refractivity (Wildman–Crippen MR) is 75.9 cm³/mol. The lowest BCUT2D eigenvalue weighted by atomic mass is 10.1. The van der Waals surface area contributed by atoms with Crippen LogP contribution in [0.2, 0.25) is 0 Å². The molecule has 0 spiro atoms. The number of carbonyl (C=O) groups is 2. The lowest BCUT2D eigenvalue weighted by molar-refractivity contribution is -0.526. The number of amides is 3. The van der Waals surface area contributed by atoms with Gasteiger partial charge in [-0.15, -0.1) is 0 Å². The minimum atomic E-state index is -0.483. The Bertz CT molecular complexity index is 505. The van der Waals surface area contributed by atoms with E-state index in [2.05, 4.69) is 23.4 Å². The van der Waals surface area contributed by atoms with E-state index in [9.17, 15) is 9.59 Å². The molecule has 2 heterocycles. The second-order valence-corrected chi connectivity index (χ2v) is 4.87. The summed E-state index contributed by atoms with van der Waals surface area (Å²) in [6, 6.07) is -0.815. The summed E-state index contributed by atoms with van der Waals surface area (Å²) in [5.41, 5.74) is 0. The zero-order chi connectivity index (χ0) is 15.0.